The second kappa shape index (κ2) is 7.81. The Balaban J connectivity index is 1.28. The summed E-state index contributed by atoms with van der Waals surface area (Å²) in [5.41, 5.74) is 4.53. The van der Waals surface area contributed by atoms with Crippen LogP contribution in [-0.4, -0.2) is 32.0 Å². The molecule has 2 aromatic carbocycles. The van der Waals surface area contributed by atoms with Gasteiger partial charge < -0.3 is 19.4 Å². The van der Waals surface area contributed by atoms with E-state index in [0.29, 0.717) is 22.9 Å². The monoisotopic (exact) mass is 441 g/mol. The average molecular weight is 441 g/mol. The fourth-order valence-corrected chi connectivity index (χ4v) is 4.42. The third-order valence-corrected chi connectivity index (χ3v) is 6.14. The molecule has 0 bridgehead atoms. The number of benzene rings is 2. The molecule has 0 spiro atoms. The lowest BCUT2D eigenvalue weighted by atomic mass is 10.1. The third-order valence-electron chi connectivity index (χ3n) is 6.14. The van der Waals surface area contributed by atoms with Gasteiger partial charge in [-0.2, -0.15) is 5.10 Å². The Morgan fingerprint density at radius 3 is 2.82 bits per heavy atom. The van der Waals surface area contributed by atoms with Gasteiger partial charge in [-0.3, -0.25) is 9.48 Å². The van der Waals surface area contributed by atoms with Gasteiger partial charge in [-0.1, -0.05) is 18.2 Å². The number of amides is 1. The van der Waals surface area contributed by atoms with Gasteiger partial charge in [0, 0.05) is 37.3 Å². The van der Waals surface area contributed by atoms with Gasteiger partial charge in [0.2, 0.25) is 6.79 Å². The minimum atomic E-state index is -0.228. The molecule has 0 unspecified atom stereocenters. The predicted molar refractivity (Wildman–Crippen MR) is 123 cm³/mol. The summed E-state index contributed by atoms with van der Waals surface area (Å²) in [7, 11) is 1.76. The molecule has 2 aromatic heterocycles. The van der Waals surface area contributed by atoms with E-state index in [0.717, 1.165) is 41.3 Å². The van der Waals surface area contributed by atoms with Crippen molar-refractivity contribution in [2.24, 2.45) is 7.05 Å². The smallest absolute Gasteiger partial charge is 0.273 e. The summed E-state index contributed by atoms with van der Waals surface area (Å²) < 4.78 is 14.7. The highest BCUT2D eigenvalue weighted by Crippen LogP contribution is 2.36. The van der Waals surface area contributed by atoms with Crippen LogP contribution in [0.2, 0.25) is 0 Å². The van der Waals surface area contributed by atoms with E-state index < -0.39 is 0 Å². The molecule has 2 aliphatic rings. The lowest BCUT2D eigenvalue weighted by molar-refractivity contribution is 0.101. The Morgan fingerprint density at radius 1 is 1.03 bits per heavy atom. The fraction of sp³-hybridized carbons (Fsp3) is 0.240. The molecule has 0 radical (unpaired) electrons. The summed E-state index contributed by atoms with van der Waals surface area (Å²) in [5, 5.41) is 7.60. The second-order valence-electron chi connectivity index (χ2n) is 8.30. The van der Waals surface area contributed by atoms with Crippen LogP contribution in [0.1, 0.15) is 29.2 Å². The first-order chi connectivity index (χ1) is 16.2. The number of anilines is 1. The topological polar surface area (TPSA) is 83.2 Å². The number of aromatic nitrogens is 4. The molecule has 0 saturated carbocycles. The number of imidazole rings is 1. The van der Waals surface area contributed by atoms with Crippen LogP contribution in [0.25, 0.3) is 22.5 Å². The quantitative estimate of drug-likeness (QED) is 0.511. The molecule has 4 heterocycles. The maximum Gasteiger partial charge on any atom is 0.273 e. The molecule has 0 atom stereocenters. The molecule has 33 heavy (non-hydrogen) atoms. The number of para-hydroxylation sites is 1. The molecule has 166 valence electrons. The first-order valence-electron chi connectivity index (χ1n) is 11.1. The molecule has 8 nitrogen and oxygen atoms in total. The van der Waals surface area contributed by atoms with Crippen LogP contribution in [-0.2, 0) is 20.0 Å². The number of hydrogen-bond donors (Lipinski definition) is 1. The first-order valence-corrected chi connectivity index (χ1v) is 11.1. The molecule has 0 saturated heterocycles. The summed E-state index contributed by atoms with van der Waals surface area (Å²) >= 11 is 0. The highest BCUT2D eigenvalue weighted by Gasteiger charge is 2.20. The number of hydrogen-bond acceptors (Lipinski definition) is 5. The number of ether oxygens (including phenoxy) is 2. The van der Waals surface area contributed by atoms with E-state index in [-0.39, 0.29) is 12.7 Å². The van der Waals surface area contributed by atoms with E-state index in [1.165, 1.54) is 12.8 Å². The van der Waals surface area contributed by atoms with Gasteiger partial charge in [-0.25, -0.2) is 4.98 Å². The summed E-state index contributed by atoms with van der Waals surface area (Å²) in [6.45, 7) is 1.21. The zero-order chi connectivity index (χ0) is 22.4. The molecular formula is C25H23N5O3. The van der Waals surface area contributed by atoms with Gasteiger partial charge in [0.25, 0.3) is 5.91 Å². The Kier molecular flexibility index (Phi) is 4.64. The van der Waals surface area contributed by atoms with E-state index in [1.54, 1.807) is 17.8 Å². The molecule has 4 aromatic rings. The molecule has 1 N–H and O–H groups in total. The number of nitrogens with zero attached hydrogens (tertiary/aromatic N) is 4. The maximum atomic E-state index is 13.2. The summed E-state index contributed by atoms with van der Waals surface area (Å²) in [5.74, 6) is 2.27. The zero-order valence-corrected chi connectivity index (χ0v) is 18.2. The lowest BCUT2D eigenvalue weighted by Gasteiger charge is -2.11. The van der Waals surface area contributed by atoms with E-state index in [2.05, 4.69) is 21.2 Å². The van der Waals surface area contributed by atoms with Crippen LogP contribution in [0.15, 0.2) is 54.7 Å². The van der Waals surface area contributed by atoms with Crippen LogP contribution in [0.4, 0.5) is 5.69 Å². The van der Waals surface area contributed by atoms with Crippen molar-refractivity contribution in [1.29, 1.82) is 0 Å². The average Bonchev–Trinajstić information content (AvgIpc) is 3.56. The fourth-order valence-electron chi connectivity index (χ4n) is 4.42. The van der Waals surface area contributed by atoms with Gasteiger partial charge in [-0.05, 0) is 43.2 Å². The van der Waals surface area contributed by atoms with E-state index in [4.69, 9.17) is 14.5 Å². The van der Waals surface area contributed by atoms with Crippen molar-refractivity contribution < 1.29 is 14.3 Å². The zero-order valence-electron chi connectivity index (χ0n) is 18.2. The molecule has 6 rings (SSSR count). The number of fused-ring (bicyclic) bond motifs is 2. The molecule has 8 heteroatoms. The van der Waals surface area contributed by atoms with Crippen molar-refractivity contribution in [3.63, 3.8) is 0 Å². The molecule has 0 fully saturated rings. The highest BCUT2D eigenvalue weighted by atomic mass is 16.7. The van der Waals surface area contributed by atoms with Crippen molar-refractivity contribution in [1.82, 2.24) is 19.3 Å². The first kappa shape index (κ1) is 19.6. The second-order valence-corrected chi connectivity index (χ2v) is 8.30. The van der Waals surface area contributed by atoms with Crippen LogP contribution in [0.3, 0.4) is 0 Å². The van der Waals surface area contributed by atoms with Crippen LogP contribution >= 0.6 is 0 Å². The minimum Gasteiger partial charge on any atom is -0.454 e. The summed E-state index contributed by atoms with van der Waals surface area (Å²) in [4.78, 5) is 18.0. The number of carbonyl (C=O) groups is 1. The third kappa shape index (κ3) is 3.53. The minimum absolute atomic E-state index is 0.216. The number of aryl methyl sites for hydroxylation is 3. The molecular weight excluding hydrogens is 418 g/mol. The van der Waals surface area contributed by atoms with Gasteiger partial charge in [0.15, 0.2) is 11.5 Å². The van der Waals surface area contributed by atoms with E-state index >= 15 is 0 Å². The lowest BCUT2D eigenvalue weighted by Crippen LogP contribution is -2.16. The van der Waals surface area contributed by atoms with Gasteiger partial charge in [-0.15, -0.1) is 0 Å². The summed E-state index contributed by atoms with van der Waals surface area (Å²) in [6.07, 6.45) is 5.42. The Hall–Kier alpha value is -4.07. The van der Waals surface area contributed by atoms with Crippen molar-refractivity contribution in [3.05, 3.63) is 66.2 Å². The van der Waals surface area contributed by atoms with Crippen molar-refractivity contribution in [2.45, 2.75) is 25.8 Å². The Morgan fingerprint density at radius 2 is 1.91 bits per heavy atom. The molecule has 0 aliphatic carbocycles. The van der Waals surface area contributed by atoms with Crippen molar-refractivity contribution in [3.8, 4) is 34.0 Å². The van der Waals surface area contributed by atoms with Crippen LogP contribution in [0, 0.1) is 0 Å². The standard InChI is InChI=1S/C25H23N5O3/c1-29-21(13-19(28-29)16-9-10-22-23(12-16)33-15-32-22)25(31)27-18-7-3-2-6-17(18)20-14-30-11-5-4-8-24(30)26-20/h2-3,6-7,9-10,12-14H,4-5,8,11,15H2,1H3,(H,27,31). The van der Waals surface area contributed by atoms with E-state index in [1.807, 2.05) is 42.5 Å². The maximum absolute atomic E-state index is 13.2. The SMILES string of the molecule is Cn1nc(-c2ccc3c(c2)OCO3)cc1C(=O)Nc1ccccc1-c1cn2c(n1)CCCC2. The van der Waals surface area contributed by atoms with Gasteiger partial charge >= 0.3 is 0 Å². The number of carbonyl (C=O) groups excluding carboxylic acids is 1. The largest absolute Gasteiger partial charge is 0.454 e. The summed E-state index contributed by atoms with van der Waals surface area (Å²) in [6, 6.07) is 15.2. The number of rotatable bonds is 4. The molecule has 1 amide bonds. The highest BCUT2D eigenvalue weighted by molar-refractivity contribution is 6.05. The normalized spacial score (nSPS) is 14.2. The van der Waals surface area contributed by atoms with Crippen molar-refractivity contribution >= 4 is 11.6 Å². The van der Waals surface area contributed by atoms with Crippen molar-refractivity contribution in [2.75, 3.05) is 12.1 Å². The van der Waals surface area contributed by atoms with Crippen LogP contribution in [0.5, 0.6) is 11.5 Å². The predicted octanol–water partition coefficient (Wildman–Crippen LogP) is 4.27. The van der Waals surface area contributed by atoms with Crippen LogP contribution < -0.4 is 14.8 Å². The van der Waals surface area contributed by atoms with Gasteiger partial charge in [0.1, 0.15) is 11.5 Å². The molecule has 2 aliphatic heterocycles. The van der Waals surface area contributed by atoms with E-state index in [9.17, 15) is 4.79 Å². The van der Waals surface area contributed by atoms with Gasteiger partial charge in [0.05, 0.1) is 17.1 Å². The number of nitrogens with one attached hydrogen (secondary N) is 1. The Labute approximate surface area is 190 Å². The Bertz CT molecular complexity index is 1350.